The van der Waals surface area contributed by atoms with Gasteiger partial charge in [0.2, 0.25) is 0 Å². The van der Waals surface area contributed by atoms with Gasteiger partial charge in [0.15, 0.2) is 5.81 Å². The van der Waals surface area contributed by atoms with Crippen LogP contribution >= 0.6 is 7.60 Å². The predicted octanol–water partition coefficient (Wildman–Crippen LogP) is 4.09. The highest BCUT2D eigenvalue weighted by molar-refractivity contribution is 7.59. The molecular formula is C15H14NO3P. The van der Waals surface area contributed by atoms with E-state index in [0.717, 1.165) is 11.1 Å². The van der Waals surface area contributed by atoms with Crippen LogP contribution in [0.4, 0.5) is 0 Å². The first kappa shape index (κ1) is 14.5. The molecular weight excluding hydrogens is 273 g/mol. The molecule has 0 heterocycles. The minimum Gasteiger partial charge on any atom is -0.293 e. The first-order valence-corrected chi connectivity index (χ1v) is 7.64. The number of rotatable bonds is 6. The quantitative estimate of drug-likeness (QED) is 0.751. The van der Waals surface area contributed by atoms with Gasteiger partial charge in [-0.05, 0) is 11.1 Å². The van der Waals surface area contributed by atoms with Gasteiger partial charge in [0.1, 0.15) is 0 Å². The summed E-state index contributed by atoms with van der Waals surface area (Å²) in [5, 5.41) is 8.98. The first-order valence-electron chi connectivity index (χ1n) is 6.10. The maximum absolute atomic E-state index is 12.1. The van der Waals surface area contributed by atoms with Gasteiger partial charge in [0.05, 0.1) is 13.2 Å². The second-order valence-electron chi connectivity index (χ2n) is 4.12. The van der Waals surface area contributed by atoms with Gasteiger partial charge in [0, 0.05) is 0 Å². The van der Waals surface area contributed by atoms with Crippen LogP contribution in [0.15, 0.2) is 60.7 Å². The molecule has 0 spiro atoms. The van der Waals surface area contributed by atoms with Gasteiger partial charge in [-0.3, -0.25) is 9.05 Å². The molecule has 0 aliphatic heterocycles. The van der Waals surface area contributed by atoms with E-state index in [-0.39, 0.29) is 13.2 Å². The van der Waals surface area contributed by atoms with Crippen LogP contribution < -0.4 is 0 Å². The second kappa shape index (κ2) is 7.02. The third-order valence-electron chi connectivity index (χ3n) is 2.61. The van der Waals surface area contributed by atoms with Crippen molar-refractivity contribution in [3.8, 4) is 5.81 Å². The molecule has 5 heteroatoms. The van der Waals surface area contributed by atoms with Crippen LogP contribution in [0.1, 0.15) is 11.1 Å². The maximum Gasteiger partial charge on any atom is 0.432 e. The topological polar surface area (TPSA) is 59.3 Å². The molecule has 20 heavy (non-hydrogen) atoms. The number of nitriles is 1. The van der Waals surface area contributed by atoms with Crippen molar-refractivity contribution in [3.05, 3.63) is 71.8 Å². The summed E-state index contributed by atoms with van der Waals surface area (Å²) in [5.74, 6) is 1.63. The average molecular weight is 287 g/mol. The van der Waals surface area contributed by atoms with Gasteiger partial charge in [-0.1, -0.05) is 60.7 Å². The summed E-state index contributed by atoms with van der Waals surface area (Å²) >= 11 is 0. The fraction of sp³-hybridized carbons (Fsp3) is 0.133. The molecule has 0 aromatic heterocycles. The smallest absolute Gasteiger partial charge is 0.293 e. The third kappa shape index (κ3) is 4.32. The monoisotopic (exact) mass is 287 g/mol. The van der Waals surface area contributed by atoms with E-state index in [4.69, 9.17) is 14.3 Å². The lowest BCUT2D eigenvalue weighted by atomic mass is 10.2. The van der Waals surface area contributed by atoms with E-state index < -0.39 is 7.60 Å². The lowest BCUT2D eigenvalue weighted by molar-refractivity contribution is 0.200. The summed E-state index contributed by atoms with van der Waals surface area (Å²) in [7, 11) is -3.73. The van der Waals surface area contributed by atoms with Gasteiger partial charge < -0.3 is 0 Å². The molecule has 0 aliphatic rings. The van der Waals surface area contributed by atoms with Crippen molar-refractivity contribution < 1.29 is 13.6 Å². The number of nitrogens with zero attached hydrogens (tertiary/aromatic N) is 1. The Kier molecular flexibility index (Phi) is 5.09. The molecule has 0 atom stereocenters. The van der Waals surface area contributed by atoms with Crippen molar-refractivity contribution in [1.29, 1.82) is 5.26 Å². The molecule has 0 saturated heterocycles. The standard InChI is InChI=1S/C15H14NO3P/c16-13-20(17,18-11-14-7-3-1-4-8-14)19-12-15-9-5-2-6-10-15/h1-10H,11-12H2. The summed E-state index contributed by atoms with van der Waals surface area (Å²) < 4.78 is 22.4. The minimum absolute atomic E-state index is 0.0838. The van der Waals surface area contributed by atoms with E-state index in [1.807, 2.05) is 60.7 Å². The predicted molar refractivity (Wildman–Crippen MR) is 75.7 cm³/mol. The summed E-state index contributed by atoms with van der Waals surface area (Å²) in [6, 6.07) is 18.5. The fourth-order valence-corrected chi connectivity index (χ4v) is 2.39. The molecule has 0 saturated carbocycles. The Hall–Kier alpha value is -1.92. The molecule has 0 N–H and O–H groups in total. The first-order chi connectivity index (χ1) is 9.72. The van der Waals surface area contributed by atoms with Crippen LogP contribution in [0.25, 0.3) is 0 Å². The lowest BCUT2D eigenvalue weighted by Crippen LogP contribution is -1.96. The Labute approximate surface area is 118 Å². The molecule has 0 unspecified atom stereocenters. The van der Waals surface area contributed by atoms with E-state index >= 15 is 0 Å². The molecule has 2 aromatic carbocycles. The Balaban J connectivity index is 1.93. The van der Waals surface area contributed by atoms with Crippen LogP contribution in [0.5, 0.6) is 0 Å². The lowest BCUT2D eigenvalue weighted by Gasteiger charge is -2.11. The molecule has 0 amide bonds. The molecule has 2 aromatic rings. The normalized spacial score (nSPS) is 10.9. The van der Waals surface area contributed by atoms with Crippen molar-refractivity contribution in [2.45, 2.75) is 13.2 Å². The minimum atomic E-state index is -3.73. The molecule has 0 aliphatic carbocycles. The largest absolute Gasteiger partial charge is 0.432 e. The van der Waals surface area contributed by atoms with E-state index in [2.05, 4.69) is 0 Å². The van der Waals surface area contributed by atoms with Gasteiger partial charge >= 0.3 is 7.60 Å². The summed E-state index contributed by atoms with van der Waals surface area (Å²) in [5.41, 5.74) is 1.68. The van der Waals surface area contributed by atoms with Gasteiger partial charge in [0.25, 0.3) is 0 Å². The van der Waals surface area contributed by atoms with E-state index in [0.29, 0.717) is 0 Å². The molecule has 0 bridgehead atoms. The Bertz CT molecular complexity index is 575. The van der Waals surface area contributed by atoms with E-state index in [9.17, 15) is 4.57 Å². The number of hydrogen-bond donors (Lipinski definition) is 0. The summed E-state index contributed by atoms with van der Waals surface area (Å²) in [6.07, 6.45) is 0. The van der Waals surface area contributed by atoms with Crippen molar-refractivity contribution in [2.24, 2.45) is 0 Å². The van der Waals surface area contributed by atoms with Crippen LogP contribution in [0, 0.1) is 11.1 Å². The Morgan fingerprint density at radius 2 is 1.25 bits per heavy atom. The highest BCUT2D eigenvalue weighted by Gasteiger charge is 2.24. The summed E-state index contributed by atoms with van der Waals surface area (Å²) in [6.45, 7) is 0.168. The van der Waals surface area contributed by atoms with Gasteiger partial charge in [-0.15, -0.1) is 0 Å². The molecule has 4 nitrogen and oxygen atoms in total. The Morgan fingerprint density at radius 3 is 1.60 bits per heavy atom. The van der Waals surface area contributed by atoms with E-state index in [1.165, 1.54) is 0 Å². The SMILES string of the molecule is N#CP(=O)(OCc1ccccc1)OCc1ccccc1. The van der Waals surface area contributed by atoms with Crippen molar-refractivity contribution in [2.75, 3.05) is 0 Å². The Morgan fingerprint density at radius 1 is 0.850 bits per heavy atom. The number of benzene rings is 2. The highest BCUT2D eigenvalue weighted by atomic mass is 31.2. The van der Waals surface area contributed by atoms with Crippen molar-refractivity contribution in [3.63, 3.8) is 0 Å². The summed E-state index contributed by atoms with van der Waals surface area (Å²) in [4.78, 5) is 0. The fourth-order valence-electron chi connectivity index (χ4n) is 1.56. The zero-order valence-corrected chi connectivity index (χ0v) is 11.7. The zero-order chi connectivity index (χ0) is 14.3. The van der Waals surface area contributed by atoms with Crippen molar-refractivity contribution >= 4 is 7.60 Å². The molecule has 102 valence electrons. The van der Waals surface area contributed by atoms with Gasteiger partial charge in [-0.2, -0.15) is 5.26 Å². The van der Waals surface area contributed by atoms with E-state index in [1.54, 1.807) is 5.81 Å². The number of hydrogen-bond acceptors (Lipinski definition) is 4. The van der Waals surface area contributed by atoms with Crippen LogP contribution in [-0.2, 0) is 26.8 Å². The molecule has 2 rings (SSSR count). The van der Waals surface area contributed by atoms with Crippen LogP contribution in [-0.4, -0.2) is 0 Å². The molecule has 0 radical (unpaired) electrons. The second-order valence-corrected chi connectivity index (χ2v) is 5.83. The van der Waals surface area contributed by atoms with Crippen molar-refractivity contribution in [1.82, 2.24) is 0 Å². The third-order valence-corrected chi connectivity index (χ3v) is 3.79. The maximum atomic E-state index is 12.1. The van der Waals surface area contributed by atoms with Crippen LogP contribution in [0.2, 0.25) is 0 Å². The average Bonchev–Trinajstić information content (AvgIpc) is 2.53. The van der Waals surface area contributed by atoms with Gasteiger partial charge in [-0.25, -0.2) is 4.57 Å². The molecule has 0 fully saturated rings. The zero-order valence-electron chi connectivity index (χ0n) is 10.8. The van der Waals surface area contributed by atoms with Crippen LogP contribution in [0.3, 0.4) is 0 Å². The highest BCUT2D eigenvalue weighted by Crippen LogP contribution is 2.48.